The second kappa shape index (κ2) is 4.73. The Balaban J connectivity index is 1.78. The predicted molar refractivity (Wildman–Crippen MR) is 90.3 cm³/mol. The van der Waals surface area contributed by atoms with Crippen LogP contribution in [0.5, 0.6) is 0 Å². The fourth-order valence-electron chi connectivity index (χ4n) is 5.19. The number of aliphatic carboxylic acids is 1. The minimum Gasteiger partial charge on any atom is -0.548 e. The number of allylic oxidation sites excluding steroid dienone is 4. The largest absolute Gasteiger partial charge is 0.548 e. The molecule has 4 aliphatic rings. The molecule has 0 aromatic heterocycles. The first-order valence-electron chi connectivity index (χ1n) is 8.29. The van der Waals surface area contributed by atoms with Crippen molar-refractivity contribution in [2.45, 2.75) is 30.7 Å². The van der Waals surface area contributed by atoms with Crippen molar-refractivity contribution in [3.05, 3.63) is 52.0 Å². The Kier molecular flexibility index (Phi) is 2.85. The SMILES string of the molecule is O=C([O-])[C@@H]1[C@H]2CC=C[C@@H]2c2cc(Br)cc3c2N1C[C@@H]1CC=C[C@H]31. The van der Waals surface area contributed by atoms with Gasteiger partial charge in [0, 0.05) is 28.5 Å². The van der Waals surface area contributed by atoms with Crippen molar-refractivity contribution >= 4 is 27.6 Å². The van der Waals surface area contributed by atoms with Gasteiger partial charge in [-0.2, -0.15) is 0 Å². The van der Waals surface area contributed by atoms with Crippen LogP contribution in [0, 0.1) is 11.8 Å². The molecule has 2 aliphatic heterocycles. The van der Waals surface area contributed by atoms with Crippen LogP contribution in [-0.2, 0) is 4.79 Å². The first-order valence-corrected chi connectivity index (χ1v) is 9.08. The Morgan fingerprint density at radius 2 is 1.83 bits per heavy atom. The van der Waals surface area contributed by atoms with Crippen LogP contribution in [0.25, 0.3) is 0 Å². The number of halogens is 1. The number of anilines is 1. The van der Waals surface area contributed by atoms with Gasteiger partial charge in [-0.1, -0.05) is 40.2 Å². The molecule has 0 saturated heterocycles. The Hall–Kier alpha value is -1.55. The van der Waals surface area contributed by atoms with Gasteiger partial charge in [-0.15, -0.1) is 0 Å². The van der Waals surface area contributed by atoms with Crippen molar-refractivity contribution in [1.29, 1.82) is 0 Å². The summed E-state index contributed by atoms with van der Waals surface area (Å²) in [6.45, 7) is 0.821. The molecule has 0 spiro atoms. The van der Waals surface area contributed by atoms with E-state index in [0.717, 1.165) is 29.5 Å². The van der Waals surface area contributed by atoms with Gasteiger partial charge in [-0.05, 0) is 47.9 Å². The highest BCUT2D eigenvalue weighted by atomic mass is 79.9. The number of carbonyl (C=O) groups excluding carboxylic acids is 1. The summed E-state index contributed by atoms with van der Waals surface area (Å²) in [5, 5.41) is 12.0. The zero-order valence-corrected chi connectivity index (χ0v) is 14.2. The highest BCUT2D eigenvalue weighted by Gasteiger charge is 2.47. The van der Waals surface area contributed by atoms with Crippen molar-refractivity contribution in [2.24, 2.45) is 11.8 Å². The zero-order chi connectivity index (χ0) is 15.7. The van der Waals surface area contributed by atoms with Crippen LogP contribution in [0.4, 0.5) is 5.69 Å². The van der Waals surface area contributed by atoms with Crippen LogP contribution in [0.3, 0.4) is 0 Å². The van der Waals surface area contributed by atoms with Gasteiger partial charge >= 0.3 is 0 Å². The highest BCUT2D eigenvalue weighted by molar-refractivity contribution is 9.10. The van der Waals surface area contributed by atoms with E-state index < -0.39 is 12.0 Å². The van der Waals surface area contributed by atoms with Crippen LogP contribution in [-0.4, -0.2) is 18.6 Å². The van der Waals surface area contributed by atoms with Gasteiger partial charge in [0.1, 0.15) is 0 Å². The summed E-state index contributed by atoms with van der Waals surface area (Å²) >= 11 is 3.67. The van der Waals surface area contributed by atoms with Gasteiger partial charge in [0.25, 0.3) is 0 Å². The lowest BCUT2D eigenvalue weighted by molar-refractivity contribution is -0.309. The number of hydrogen-bond acceptors (Lipinski definition) is 3. The molecule has 5 atom stereocenters. The lowest BCUT2D eigenvalue weighted by Gasteiger charge is -2.51. The summed E-state index contributed by atoms with van der Waals surface area (Å²) < 4.78 is 1.10. The molecule has 118 valence electrons. The van der Waals surface area contributed by atoms with E-state index in [1.54, 1.807) is 0 Å². The molecule has 5 rings (SSSR count). The summed E-state index contributed by atoms with van der Waals surface area (Å²) in [7, 11) is 0. The molecule has 23 heavy (non-hydrogen) atoms. The monoisotopic (exact) mass is 370 g/mol. The molecular formula is C19H17BrNO2-. The summed E-state index contributed by atoms with van der Waals surface area (Å²) in [6, 6.07) is 3.86. The smallest absolute Gasteiger partial charge is 0.0727 e. The van der Waals surface area contributed by atoms with Gasteiger partial charge < -0.3 is 14.8 Å². The molecule has 2 heterocycles. The second-order valence-corrected chi connectivity index (χ2v) is 8.07. The van der Waals surface area contributed by atoms with Gasteiger partial charge in [0.2, 0.25) is 0 Å². The van der Waals surface area contributed by atoms with E-state index in [1.165, 1.54) is 11.1 Å². The molecule has 1 aromatic carbocycles. The van der Waals surface area contributed by atoms with Crippen LogP contribution in [0.2, 0.25) is 0 Å². The number of nitrogens with zero attached hydrogens (tertiary/aromatic N) is 1. The highest BCUT2D eigenvalue weighted by Crippen LogP contribution is 2.55. The van der Waals surface area contributed by atoms with Crippen molar-refractivity contribution in [3.8, 4) is 0 Å². The molecule has 0 saturated carbocycles. The van der Waals surface area contributed by atoms with E-state index in [0.29, 0.717) is 11.8 Å². The molecule has 4 heteroatoms. The van der Waals surface area contributed by atoms with Gasteiger partial charge in [0.15, 0.2) is 0 Å². The van der Waals surface area contributed by atoms with E-state index in [1.807, 2.05) is 0 Å². The molecule has 0 amide bonds. The first-order chi connectivity index (χ1) is 11.1. The van der Waals surface area contributed by atoms with E-state index in [-0.39, 0.29) is 11.8 Å². The fourth-order valence-corrected chi connectivity index (χ4v) is 5.69. The second-order valence-electron chi connectivity index (χ2n) is 7.15. The quantitative estimate of drug-likeness (QED) is 0.713. The Bertz CT molecular complexity index is 752. The Morgan fingerprint density at radius 1 is 1.13 bits per heavy atom. The average molecular weight is 371 g/mol. The third-order valence-corrected chi connectivity index (χ3v) is 6.51. The van der Waals surface area contributed by atoms with Gasteiger partial charge in [-0.25, -0.2) is 0 Å². The Morgan fingerprint density at radius 3 is 2.61 bits per heavy atom. The standard InChI is InChI=1S/C19H18BrNO2/c20-11-7-15-12-4-1-3-10(12)9-21-17(15)16(8-11)13-5-2-6-14(13)18(21)19(22)23/h1-2,4-5,7-8,10,12-14,18H,3,6,9H2,(H,22,23)/p-1/t10-,12-,13-,14-,18-/m0/s1. The van der Waals surface area contributed by atoms with Crippen molar-refractivity contribution in [1.82, 2.24) is 0 Å². The molecule has 0 unspecified atom stereocenters. The van der Waals surface area contributed by atoms with Gasteiger partial charge in [-0.3, -0.25) is 0 Å². The minimum absolute atomic E-state index is 0.0977. The molecule has 3 nitrogen and oxygen atoms in total. The molecule has 0 N–H and O–H groups in total. The molecule has 0 fully saturated rings. The maximum absolute atomic E-state index is 12.0. The number of carbonyl (C=O) groups is 1. The normalized spacial score (nSPS) is 35.9. The molecular weight excluding hydrogens is 354 g/mol. The van der Waals surface area contributed by atoms with Crippen LogP contribution >= 0.6 is 15.9 Å². The average Bonchev–Trinajstić information content (AvgIpc) is 3.15. The number of carboxylic acids is 1. The number of hydrogen-bond donors (Lipinski definition) is 0. The van der Waals surface area contributed by atoms with Crippen LogP contribution in [0.1, 0.15) is 35.8 Å². The number of fused-ring (bicyclic) bond motifs is 4. The Labute approximate surface area is 143 Å². The van der Waals surface area contributed by atoms with Gasteiger partial charge in [0.05, 0.1) is 12.0 Å². The number of benzene rings is 1. The number of carboxylic acid groups (broad SMARTS) is 1. The maximum Gasteiger partial charge on any atom is 0.0727 e. The van der Waals surface area contributed by atoms with E-state index >= 15 is 0 Å². The zero-order valence-electron chi connectivity index (χ0n) is 12.6. The third kappa shape index (κ3) is 1.78. The topological polar surface area (TPSA) is 43.4 Å². The minimum atomic E-state index is -0.923. The summed E-state index contributed by atoms with van der Waals surface area (Å²) in [6.07, 6.45) is 10.7. The summed E-state index contributed by atoms with van der Waals surface area (Å²) in [5.41, 5.74) is 3.72. The van der Waals surface area contributed by atoms with Crippen molar-refractivity contribution in [2.75, 3.05) is 11.4 Å². The van der Waals surface area contributed by atoms with Crippen LogP contribution in [0.15, 0.2) is 40.9 Å². The van der Waals surface area contributed by atoms with E-state index in [9.17, 15) is 9.90 Å². The van der Waals surface area contributed by atoms with E-state index in [4.69, 9.17) is 0 Å². The van der Waals surface area contributed by atoms with Crippen molar-refractivity contribution < 1.29 is 9.90 Å². The summed E-state index contributed by atoms with van der Waals surface area (Å²) in [4.78, 5) is 14.1. The number of rotatable bonds is 1. The third-order valence-electron chi connectivity index (χ3n) is 6.06. The lowest BCUT2D eigenvalue weighted by Crippen LogP contribution is -2.58. The lowest BCUT2D eigenvalue weighted by atomic mass is 9.72. The predicted octanol–water partition coefficient (Wildman–Crippen LogP) is 2.72. The summed E-state index contributed by atoms with van der Waals surface area (Å²) in [5.74, 6) is 0.273. The van der Waals surface area contributed by atoms with Crippen LogP contribution < -0.4 is 10.0 Å². The molecule has 2 aliphatic carbocycles. The molecule has 0 bridgehead atoms. The fraction of sp³-hybridized carbons (Fsp3) is 0.421. The van der Waals surface area contributed by atoms with Crippen molar-refractivity contribution in [3.63, 3.8) is 0 Å². The molecule has 0 radical (unpaired) electrons. The van der Waals surface area contributed by atoms with E-state index in [2.05, 4.69) is 57.3 Å². The molecule has 1 aromatic rings. The first kappa shape index (κ1) is 13.8. The maximum atomic E-state index is 12.0.